The Hall–Kier alpha value is -2.83. The number of hydrogen-bond acceptors (Lipinski definition) is 6. The van der Waals surface area contributed by atoms with E-state index in [-0.39, 0.29) is 30.1 Å². The molecule has 138 valence electrons. The standard InChI is InChI=1S/C19H22N2O5/c1-2-24-19(23)14-7-6-10-21(11-14)18(22)16-12-26-17(20-16)13-25-15-8-4-3-5-9-15/h3-5,8-9,12,14H,2,6-7,10-11,13H2,1H3. The highest BCUT2D eigenvalue weighted by molar-refractivity contribution is 5.92. The average Bonchev–Trinajstić information content (AvgIpc) is 3.16. The van der Waals surface area contributed by atoms with Crippen LogP contribution in [0.4, 0.5) is 0 Å². The minimum atomic E-state index is -0.277. The lowest BCUT2D eigenvalue weighted by Crippen LogP contribution is -2.43. The molecule has 1 amide bonds. The van der Waals surface area contributed by atoms with Crippen LogP contribution in [-0.2, 0) is 16.1 Å². The quantitative estimate of drug-likeness (QED) is 0.739. The molecule has 0 aliphatic carbocycles. The molecule has 26 heavy (non-hydrogen) atoms. The van der Waals surface area contributed by atoms with Crippen LogP contribution >= 0.6 is 0 Å². The number of carbonyl (C=O) groups is 2. The summed E-state index contributed by atoms with van der Waals surface area (Å²) in [6.45, 7) is 3.20. The largest absolute Gasteiger partial charge is 0.484 e. The molecule has 1 fully saturated rings. The van der Waals surface area contributed by atoms with Gasteiger partial charge >= 0.3 is 5.97 Å². The molecular formula is C19H22N2O5. The monoisotopic (exact) mass is 358 g/mol. The summed E-state index contributed by atoms with van der Waals surface area (Å²) in [4.78, 5) is 30.4. The third kappa shape index (κ3) is 4.41. The Morgan fingerprint density at radius 3 is 2.88 bits per heavy atom. The molecule has 2 aromatic rings. The smallest absolute Gasteiger partial charge is 0.310 e. The number of carbonyl (C=O) groups excluding carboxylic acids is 2. The first-order chi connectivity index (χ1) is 12.7. The normalized spacial score (nSPS) is 17.0. The van der Waals surface area contributed by atoms with Crippen molar-refractivity contribution in [2.45, 2.75) is 26.4 Å². The molecule has 1 aromatic carbocycles. The molecule has 1 aliphatic heterocycles. The second-order valence-electron chi connectivity index (χ2n) is 6.07. The summed E-state index contributed by atoms with van der Waals surface area (Å²) in [5, 5.41) is 0. The second kappa shape index (κ2) is 8.51. The van der Waals surface area contributed by atoms with Crippen LogP contribution in [-0.4, -0.2) is 41.5 Å². The highest BCUT2D eigenvalue weighted by Gasteiger charge is 2.30. The number of hydrogen-bond donors (Lipinski definition) is 0. The Bertz CT molecular complexity index is 743. The van der Waals surface area contributed by atoms with Gasteiger partial charge in [0.2, 0.25) is 5.89 Å². The van der Waals surface area contributed by atoms with Crippen molar-refractivity contribution >= 4 is 11.9 Å². The summed E-state index contributed by atoms with van der Waals surface area (Å²) in [5.74, 6) is 0.263. The van der Waals surface area contributed by atoms with E-state index in [4.69, 9.17) is 13.9 Å². The molecule has 1 aromatic heterocycles. The lowest BCUT2D eigenvalue weighted by atomic mass is 9.98. The summed E-state index contributed by atoms with van der Waals surface area (Å²) in [7, 11) is 0. The number of rotatable bonds is 6. The van der Waals surface area contributed by atoms with Crippen LogP contribution in [0.25, 0.3) is 0 Å². The number of likely N-dealkylation sites (tertiary alicyclic amines) is 1. The molecule has 7 heteroatoms. The molecule has 1 aliphatic rings. The molecule has 1 saturated heterocycles. The predicted molar refractivity (Wildman–Crippen MR) is 92.5 cm³/mol. The van der Waals surface area contributed by atoms with Gasteiger partial charge in [0.25, 0.3) is 5.91 Å². The van der Waals surface area contributed by atoms with Crippen molar-refractivity contribution in [3.63, 3.8) is 0 Å². The van der Waals surface area contributed by atoms with Crippen LogP contribution in [0.1, 0.15) is 36.1 Å². The van der Waals surface area contributed by atoms with Crippen molar-refractivity contribution in [3.05, 3.63) is 48.2 Å². The Balaban J connectivity index is 1.58. The zero-order valence-electron chi connectivity index (χ0n) is 14.7. The van der Waals surface area contributed by atoms with E-state index in [1.165, 1.54) is 6.26 Å². The number of aromatic nitrogens is 1. The van der Waals surface area contributed by atoms with Crippen molar-refractivity contribution in [1.29, 1.82) is 0 Å². The van der Waals surface area contributed by atoms with Gasteiger partial charge in [0, 0.05) is 13.1 Å². The van der Waals surface area contributed by atoms with E-state index >= 15 is 0 Å². The minimum absolute atomic E-state index is 0.142. The first-order valence-corrected chi connectivity index (χ1v) is 8.75. The number of benzene rings is 1. The third-order valence-electron chi connectivity index (χ3n) is 4.20. The predicted octanol–water partition coefficient (Wildman–Crippen LogP) is 2.67. The number of oxazole rings is 1. The van der Waals surface area contributed by atoms with Gasteiger partial charge in [0.1, 0.15) is 12.0 Å². The lowest BCUT2D eigenvalue weighted by Gasteiger charge is -2.30. The number of nitrogens with zero attached hydrogens (tertiary/aromatic N) is 2. The van der Waals surface area contributed by atoms with Gasteiger partial charge < -0.3 is 18.8 Å². The number of ether oxygens (including phenoxy) is 2. The maximum atomic E-state index is 12.6. The maximum absolute atomic E-state index is 12.6. The van der Waals surface area contributed by atoms with Crippen LogP contribution in [0, 0.1) is 5.92 Å². The fourth-order valence-electron chi connectivity index (χ4n) is 2.91. The third-order valence-corrected chi connectivity index (χ3v) is 4.20. The molecule has 0 saturated carbocycles. The average molecular weight is 358 g/mol. The fraction of sp³-hybridized carbons (Fsp3) is 0.421. The molecule has 0 N–H and O–H groups in total. The SMILES string of the molecule is CCOC(=O)C1CCCN(C(=O)c2coc(COc3ccccc3)n2)C1. The minimum Gasteiger partial charge on any atom is -0.484 e. The van der Waals surface area contributed by atoms with E-state index in [9.17, 15) is 9.59 Å². The maximum Gasteiger partial charge on any atom is 0.310 e. The van der Waals surface area contributed by atoms with Crippen molar-refractivity contribution in [3.8, 4) is 5.75 Å². The highest BCUT2D eigenvalue weighted by Crippen LogP contribution is 2.20. The van der Waals surface area contributed by atoms with Gasteiger partial charge in [0.15, 0.2) is 12.3 Å². The van der Waals surface area contributed by atoms with E-state index in [2.05, 4.69) is 4.98 Å². The Labute approximate surface area is 151 Å². The van der Waals surface area contributed by atoms with Crippen LogP contribution in [0.5, 0.6) is 5.75 Å². The Kier molecular flexibility index (Phi) is 5.88. The van der Waals surface area contributed by atoms with Gasteiger partial charge in [-0.3, -0.25) is 9.59 Å². The van der Waals surface area contributed by atoms with E-state index in [1.54, 1.807) is 11.8 Å². The fourth-order valence-corrected chi connectivity index (χ4v) is 2.91. The van der Waals surface area contributed by atoms with Crippen LogP contribution < -0.4 is 4.74 Å². The molecule has 0 spiro atoms. The summed E-state index contributed by atoms with van der Waals surface area (Å²) < 4.78 is 16.0. The summed E-state index contributed by atoms with van der Waals surface area (Å²) in [6.07, 6.45) is 2.83. The van der Waals surface area contributed by atoms with Gasteiger partial charge in [-0.1, -0.05) is 18.2 Å². The lowest BCUT2D eigenvalue weighted by molar-refractivity contribution is -0.149. The van der Waals surface area contributed by atoms with Crippen LogP contribution in [0.2, 0.25) is 0 Å². The summed E-state index contributed by atoms with van der Waals surface area (Å²) in [6, 6.07) is 9.31. The van der Waals surface area contributed by atoms with E-state index in [0.717, 1.165) is 12.8 Å². The molecule has 1 atom stereocenters. The van der Waals surface area contributed by atoms with Crippen molar-refractivity contribution in [2.75, 3.05) is 19.7 Å². The molecular weight excluding hydrogens is 336 g/mol. The van der Waals surface area contributed by atoms with Crippen molar-refractivity contribution < 1.29 is 23.5 Å². The van der Waals surface area contributed by atoms with Crippen LogP contribution in [0.3, 0.4) is 0 Å². The second-order valence-corrected chi connectivity index (χ2v) is 6.07. The Morgan fingerprint density at radius 1 is 1.31 bits per heavy atom. The van der Waals surface area contributed by atoms with E-state index in [0.29, 0.717) is 31.3 Å². The van der Waals surface area contributed by atoms with Gasteiger partial charge in [-0.25, -0.2) is 4.98 Å². The number of amides is 1. The summed E-state index contributed by atoms with van der Waals surface area (Å²) in [5.41, 5.74) is 0.223. The van der Waals surface area contributed by atoms with Crippen LogP contribution in [0.15, 0.2) is 41.0 Å². The molecule has 7 nitrogen and oxygen atoms in total. The van der Waals surface area contributed by atoms with E-state index in [1.807, 2.05) is 30.3 Å². The van der Waals surface area contributed by atoms with Gasteiger partial charge in [-0.2, -0.15) is 0 Å². The Morgan fingerprint density at radius 2 is 2.12 bits per heavy atom. The first-order valence-electron chi connectivity index (χ1n) is 8.75. The molecule has 0 bridgehead atoms. The zero-order chi connectivity index (χ0) is 18.4. The van der Waals surface area contributed by atoms with E-state index < -0.39 is 0 Å². The van der Waals surface area contributed by atoms with Gasteiger partial charge in [0.05, 0.1) is 12.5 Å². The number of piperidine rings is 1. The zero-order valence-corrected chi connectivity index (χ0v) is 14.7. The summed E-state index contributed by atoms with van der Waals surface area (Å²) >= 11 is 0. The number of para-hydroxylation sites is 1. The molecule has 0 radical (unpaired) electrons. The molecule has 2 heterocycles. The topological polar surface area (TPSA) is 81.9 Å². The van der Waals surface area contributed by atoms with Gasteiger partial charge in [-0.05, 0) is 31.9 Å². The van der Waals surface area contributed by atoms with Crippen molar-refractivity contribution in [1.82, 2.24) is 9.88 Å². The van der Waals surface area contributed by atoms with Crippen molar-refractivity contribution in [2.24, 2.45) is 5.92 Å². The van der Waals surface area contributed by atoms with Gasteiger partial charge in [-0.15, -0.1) is 0 Å². The first kappa shape index (κ1) is 18.0. The highest BCUT2D eigenvalue weighted by atomic mass is 16.5. The molecule has 1 unspecified atom stereocenters. The number of esters is 1. The molecule has 3 rings (SSSR count).